The number of ether oxygens (including phenoxy) is 2. The van der Waals surface area contributed by atoms with Gasteiger partial charge in [0.15, 0.2) is 17.3 Å². The van der Waals surface area contributed by atoms with Gasteiger partial charge in [0.05, 0.1) is 37.6 Å². The summed E-state index contributed by atoms with van der Waals surface area (Å²) in [6.45, 7) is 6.17. The lowest BCUT2D eigenvalue weighted by Crippen LogP contribution is -2.33. The second kappa shape index (κ2) is 19.6. The summed E-state index contributed by atoms with van der Waals surface area (Å²) in [6, 6.07) is 1.98. The number of alkyl halides is 1. The average Bonchev–Trinajstić information content (AvgIpc) is 3.08. The highest BCUT2D eigenvalue weighted by atomic mass is 35.5. The van der Waals surface area contributed by atoms with Crippen LogP contribution in [0.1, 0.15) is 46.5 Å². The first-order valence-corrected chi connectivity index (χ1v) is 11.7. The van der Waals surface area contributed by atoms with Crippen LogP contribution in [0.5, 0.6) is 0 Å². The summed E-state index contributed by atoms with van der Waals surface area (Å²) >= 11 is 5.36. The Balaban J connectivity index is 0.000000585. The minimum absolute atomic E-state index is 0.0598. The molecule has 1 heterocycles. The van der Waals surface area contributed by atoms with E-state index in [2.05, 4.69) is 46.2 Å². The van der Waals surface area contributed by atoms with Crippen molar-refractivity contribution in [2.45, 2.75) is 58.5 Å². The first-order valence-electron chi connectivity index (χ1n) is 11.2. The minimum atomic E-state index is -0.466. The molecule has 7 nitrogen and oxygen atoms in total. The smallest absolute Gasteiger partial charge is 0.157 e. The Kier molecular flexibility index (Phi) is 18.0. The molecule has 0 radical (unpaired) electrons. The van der Waals surface area contributed by atoms with E-state index in [-0.39, 0.29) is 17.7 Å². The van der Waals surface area contributed by atoms with Gasteiger partial charge in [-0.3, -0.25) is 0 Å². The summed E-state index contributed by atoms with van der Waals surface area (Å²) in [4.78, 5) is 14.2. The van der Waals surface area contributed by atoms with Crippen LogP contribution in [0.2, 0.25) is 0 Å². The Hall–Kier alpha value is -2.81. The van der Waals surface area contributed by atoms with Crippen molar-refractivity contribution >= 4 is 24.1 Å². The molecule has 0 amide bonds. The lowest BCUT2D eigenvalue weighted by atomic mass is 9.90. The molecule has 1 aliphatic heterocycles. The summed E-state index contributed by atoms with van der Waals surface area (Å²) in [5.74, 6) is 4.06. The molecule has 1 saturated heterocycles. The molecule has 0 aromatic carbocycles. The first kappa shape index (κ1) is 31.2. The lowest BCUT2D eigenvalue weighted by molar-refractivity contribution is -0.109. The van der Waals surface area contributed by atoms with Crippen molar-refractivity contribution in [2.24, 2.45) is 10.9 Å². The van der Waals surface area contributed by atoms with Crippen LogP contribution < -0.4 is 10.6 Å². The number of hydrogen-bond acceptors (Lipinski definition) is 7. The van der Waals surface area contributed by atoms with Gasteiger partial charge in [0.2, 0.25) is 0 Å². The highest BCUT2D eigenvalue weighted by Gasteiger charge is 2.25. The maximum atomic E-state index is 12.9. The van der Waals surface area contributed by atoms with Crippen molar-refractivity contribution in [3.8, 4) is 18.4 Å². The number of rotatable bonds is 9. The Labute approximate surface area is 208 Å². The van der Waals surface area contributed by atoms with Gasteiger partial charge in [-0.2, -0.15) is 5.26 Å². The molecule has 1 fully saturated rings. The summed E-state index contributed by atoms with van der Waals surface area (Å²) in [7, 11) is 1.89. The third-order valence-electron chi connectivity index (χ3n) is 4.73. The molecule has 2 rings (SSSR count). The number of nitrogens with zero attached hydrogens (tertiary/aromatic N) is 2. The molecule has 34 heavy (non-hydrogen) atoms. The number of fused-ring (bicyclic) bond motifs is 1. The van der Waals surface area contributed by atoms with Crippen molar-refractivity contribution in [3.05, 3.63) is 35.3 Å². The van der Waals surface area contributed by atoms with Crippen molar-refractivity contribution < 1.29 is 18.7 Å². The molecule has 3 unspecified atom stereocenters. The summed E-state index contributed by atoms with van der Waals surface area (Å²) in [5, 5.41) is 14.7. The highest BCUT2D eigenvalue weighted by molar-refractivity contribution is 6.24. The van der Waals surface area contributed by atoms with Gasteiger partial charge in [0.1, 0.15) is 12.1 Å². The molecule has 0 aromatic heterocycles. The number of nitrogens with one attached hydrogen (secondary N) is 2. The fourth-order valence-corrected chi connectivity index (χ4v) is 3.04. The average molecular weight is 495 g/mol. The summed E-state index contributed by atoms with van der Waals surface area (Å²) < 4.78 is 24.1. The zero-order valence-electron chi connectivity index (χ0n) is 20.4. The standard InChI is InChI=1S/C13H18N2O2.C9H14ClFN2O.C3H4/c1-15-11(5-6-14)10-3-4-12-13(9-10)17-8-2-7-16-12;1-3-8(6-14)13-9(7(2)11)12-5-4-10;1-3-2/h4,9-11,15H,2-3,5,7-8H2,1H3;5-6,8,13H,3-4H2,1-2H3;1H,2H3/b;9-7-,12-5-;. The fourth-order valence-electron chi connectivity index (χ4n) is 2.97. The minimum Gasteiger partial charge on any atom is -0.490 e. The van der Waals surface area contributed by atoms with E-state index in [1.165, 1.54) is 13.1 Å². The van der Waals surface area contributed by atoms with E-state index in [1.54, 1.807) is 6.92 Å². The Morgan fingerprint density at radius 1 is 1.44 bits per heavy atom. The maximum Gasteiger partial charge on any atom is 0.157 e. The molecule has 2 N–H and O–H groups in total. The zero-order valence-corrected chi connectivity index (χ0v) is 21.2. The van der Waals surface area contributed by atoms with Gasteiger partial charge in [-0.05, 0) is 45.9 Å². The van der Waals surface area contributed by atoms with Gasteiger partial charge < -0.3 is 24.9 Å². The predicted octanol–water partition coefficient (Wildman–Crippen LogP) is 4.37. The number of aldehydes is 1. The quantitative estimate of drug-likeness (QED) is 0.214. The SMILES string of the molecule is C#CC.CCC(C=O)NC(/N=C\CCl)=C(/C)F.CNC(CC#N)C1C=C2OCCCOC2=CC1. The molecule has 9 heteroatoms. The normalized spacial score (nSPS) is 19.0. The number of carbonyl (C=O) groups is 1. The Bertz CT molecular complexity index is 808. The predicted molar refractivity (Wildman–Crippen MR) is 135 cm³/mol. The molecule has 2 aliphatic rings. The van der Waals surface area contributed by atoms with Gasteiger partial charge in [-0.25, -0.2) is 9.38 Å². The van der Waals surface area contributed by atoms with Gasteiger partial charge in [-0.15, -0.1) is 23.9 Å². The number of nitriles is 1. The second-order valence-electron chi connectivity index (χ2n) is 7.24. The van der Waals surface area contributed by atoms with E-state index in [9.17, 15) is 9.18 Å². The van der Waals surface area contributed by atoms with Crippen molar-refractivity contribution in [1.82, 2.24) is 10.6 Å². The molecule has 188 valence electrons. The molecule has 0 saturated carbocycles. The number of aliphatic imine (C=N–C) groups is 1. The fraction of sp³-hybridized carbons (Fsp3) is 0.560. The highest BCUT2D eigenvalue weighted by Crippen LogP contribution is 2.29. The van der Waals surface area contributed by atoms with E-state index < -0.39 is 11.9 Å². The molecular formula is C25H36ClFN4O3. The number of terminal acetylenes is 1. The monoisotopic (exact) mass is 494 g/mol. The summed E-state index contributed by atoms with van der Waals surface area (Å²) in [6.07, 6.45) is 13.8. The molecule has 0 spiro atoms. The first-order chi connectivity index (χ1) is 16.4. The van der Waals surface area contributed by atoms with Crippen molar-refractivity contribution in [2.75, 3.05) is 26.1 Å². The molecule has 1 aliphatic carbocycles. The topological polar surface area (TPSA) is 95.7 Å². The van der Waals surface area contributed by atoms with Crippen LogP contribution in [-0.2, 0) is 14.3 Å². The molecule has 0 aromatic rings. The Morgan fingerprint density at radius 2 is 2.09 bits per heavy atom. The molecule has 0 bridgehead atoms. The van der Waals surface area contributed by atoms with Crippen molar-refractivity contribution in [3.63, 3.8) is 0 Å². The third kappa shape index (κ3) is 12.4. The zero-order chi connectivity index (χ0) is 25.8. The van der Waals surface area contributed by atoms with E-state index in [0.717, 1.165) is 37.3 Å². The number of allylic oxidation sites excluding steroid dienone is 2. The third-order valence-corrected chi connectivity index (χ3v) is 4.87. The number of carbonyl (C=O) groups excluding carboxylic acids is 1. The molecular weight excluding hydrogens is 459 g/mol. The van der Waals surface area contributed by atoms with E-state index in [4.69, 9.17) is 26.3 Å². The van der Waals surface area contributed by atoms with Gasteiger partial charge in [0.25, 0.3) is 0 Å². The summed E-state index contributed by atoms with van der Waals surface area (Å²) in [5.41, 5.74) is 0. The van der Waals surface area contributed by atoms with Gasteiger partial charge in [0, 0.05) is 24.6 Å². The van der Waals surface area contributed by atoms with Gasteiger partial charge >= 0.3 is 0 Å². The van der Waals surface area contributed by atoms with Crippen LogP contribution in [0, 0.1) is 29.6 Å². The van der Waals surface area contributed by atoms with Crippen LogP contribution in [0.3, 0.4) is 0 Å². The maximum absolute atomic E-state index is 12.9. The second-order valence-corrected chi connectivity index (χ2v) is 7.55. The van der Waals surface area contributed by atoms with Gasteiger partial charge in [-0.1, -0.05) is 6.92 Å². The van der Waals surface area contributed by atoms with E-state index >= 15 is 0 Å². The van der Waals surface area contributed by atoms with E-state index in [0.29, 0.717) is 25.4 Å². The number of hydrogen-bond donors (Lipinski definition) is 2. The Morgan fingerprint density at radius 3 is 2.59 bits per heavy atom. The van der Waals surface area contributed by atoms with E-state index in [1.807, 2.05) is 14.0 Å². The largest absolute Gasteiger partial charge is 0.490 e. The van der Waals surface area contributed by atoms with Crippen molar-refractivity contribution in [1.29, 1.82) is 5.26 Å². The van der Waals surface area contributed by atoms with Crippen LogP contribution in [0.4, 0.5) is 4.39 Å². The van der Waals surface area contributed by atoms with Crippen LogP contribution >= 0.6 is 11.6 Å². The lowest BCUT2D eigenvalue weighted by Gasteiger charge is -2.25. The van der Waals surface area contributed by atoms with Crippen LogP contribution in [0.25, 0.3) is 0 Å². The van der Waals surface area contributed by atoms with Crippen LogP contribution in [0.15, 0.2) is 40.3 Å². The number of halogens is 2. The molecule has 3 atom stereocenters. The van der Waals surface area contributed by atoms with Crippen LogP contribution in [-0.4, -0.2) is 50.7 Å².